The molecule has 0 aliphatic rings. The first-order valence-corrected chi connectivity index (χ1v) is 4.52. The highest BCUT2D eigenvalue weighted by Crippen LogP contribution is 2.32. The molecule has 0 spiro atoms. The number of halogens is 3. The van der Waals surface area contributed by atoms with E-state index in [0.717, 1.165) is 6.07 Å². The quantitative estimate of drug-likeness (QED) is 0.711. The molecule has 0 saturated carbocycles. The lowest BCUT2D eigenvalue weighted by Gasteiger charge is -2.11. The first-order chi connectivity index (χ1) is 6.49. The number of aliphatic hydroxyl groups is 1. The number of hydrogen-bond acceptors (Lipinski definition) is 3. The van der Waals surface area contributed by atoms with Crippen LogP contribution in [0.1, 0.15) is 11.7 Å². The van der Waals surface area contributed by atoms with Gasteiger partial charge in [-0.15, -0.1) is 0 Å². The molecule has 0 aliphatic heterocycles. The minimum absolute atomic E-state index is 0.0288. The van der Waals surface area contributed by atoms with Crippen molar-refractivity contribution in [1.29, 1.82) is 0 Å². The van der Waals surface area contributed by atoms with Gasteiger partial charge in [-0.05, 0) is 22.0 Å². The normalized spacial score (nSPS) is 12.9. The van der Waals surface area contributed by atoms with Crippen molar-refractivity contribution in [2.75, 3.05) is 6.54 Å². The van der Waals surface area contributed by atoms with Crippen LogP contribution in [0.5, 0.6) is 5.75 Å². The van der Waals surface area contributed by atoms with E-state index in [1.165, 1.54) is 0 Å². The number of rotatable bonds is 2. The van der Waals surface area contributed by atoms with Gasteiger partial charge in [-0.25, -0.2) is 4.39 Å². The summed E-state index contributed by atoms with van der Waals surface area (Å²) in [6, 6.07) is 1.09. The zero-order chi connectivity index (χ0) is 10.9. The standard InChI is InChI=1S/C8H8BrF2NO2/c9-4-1-3(5(13)2-12)6(10)7(11)8(4)14/h1,5,13-14H,2,12H2. The molecule has 6 heteroatoms. The number of benzene rings is 1. The molecular formula is C8H8BrF2NO2. The Hall–Kier alpha value is -0.720. The molecular weight excluding hydrogens is 260 g/mol. The van der Waals surface area contributed by atoms with Crippen molar-refractivity contribution in [3.05, 3.63) is 27.7 Å². The van der Waals surface area contributed by atoms with Crippen LogP contribution < -0.4 is 5.73 Å². The van der Waals surface area contributed by atoms with Gasteiger partial charge in [0.15, 0.2) is 11.6 Å². The molecule has 3 nitrogen and oxygen atoms in total. The van der Waals surface area contributed by atoms with Gasteiger partial charge in [-0.3, -0.25) is 0 Å². The Bertz CT molecular complexity index is 360. The average Bonchev–Trinajstić information content (AvgIpc) is 2.19. The second-order valence-electron chi connectivity index (χ2n) is 2.68. The molecule has 0 amide bonds. The number of phenols is 1. The minimum atomic E-state index is -1.40. The predicted octanol–water partition coefficient (Wildman–Crippen LogP) is 1.42. The van der Waals surface area contributed by atoms with Crippen LogP contribution in [0, 0.1) is 11.6 Å². The Morgan fingerprint density at radius 1 is 1.43 bits per heavy atom. The van der Waals surface area contributed by atoms with E-state index < -0.39 is 23.5 Å². The van der Waals surface area contributed by atoms with Gasteiger partial charge in [0.1, 0.15) is 0 Å². The summed E-state index contributed by atoms with van der Waals surface area (Å²) in [6.07, 6.45) is -1.29. The highest BCUT2D eigenvalue weighted by Gasteiger charge is 2.20. The molecule has 4 N–H and O–H groups in total. The van der Waals surface area contributed by atoms with E-state index in [2.05, 4.69) is 15.9 Å². The molecule has 0 radical (unpaired) electrons. The third-order valence-electron chi connectivity index (χ3n) is 1.74. The first kappa shape index (κ1) is 11.4. The monoisotopic (exact) mass is 267 g/mol. The molecule has 1 aromatic carbocycles. The van der Waals surface area contributed by atoms with Gasteiger partial charge >= 0.3 is 0 Å². The highest BCUT2D eigenvalue weighted by molar-refractivity contribution is 9.10. The number of aromatic hydroxyl groups is 1. The van der Waals surface area contributed by atoms with E-state index in [1.807, 2.05) is 0 Å². The summed E-state index contributed by atoms with van der Waals surface area (Å²) in [4.78, 5) is 0. The smallest absolute Gasteiger partial charge is 0.201 e. The van der Waals surface area contributed by atoms with E-state index in [-0.39, 0.29) is 16.6 Å². The molecule has 1 unspecified atom stereocenters. The average molecular weight is 268 g/mol. The van der Waals surface area contributed by atoms with Gasteiger partial charge in [0.2, 0.25) is 5.82 Å². The number of phenolic OH excluding ortho intramolecular Hbond substituents is 1. The summed E-state index contributed by atoms with van der Waals surface area (Å²) in [5, 5.41) is 18.2. The van der Waals surface area contributed by atoms with E-state index >= 15 is 0 Å². The molecule has 14 heavy (non-hydrogen) atoms. The zero-order valence-electron chi connectivity index (χ0n) is 6.97. The maximum absolute atomic E-state index is 13.1. The zero-order valence-corrected chi connectivity index (χ0v) is 8.55. The van der Waals surface area contributed by atoms with E-state index in [9.17, 15) is 13.9 Å². The van der Waals surface area contributed by atoms with Crippen LogP contribution >= 0.6 is 15.9 Å². The Labute approximate surface area is 87.3 Å². The van der Waals surface area contributed by atoms with Crippen molar-refractivity contribution < 1.29 is 19.0 Å². The van der Waals surface area contributed by atoms with Gasteiger partial charge in [0.05, 0.1) is 10.6 Å². The molecule has 1 atom stereocenters. The molecule has 1 rings (SSSR count). The van der Waals surface area contributed by atoms with Gasteiger partial charge in [0.25, 0.3) is 0 Å². The van der Waals surface area contributed by atoms with Gasteiger partial charge in [-0.2, -0.15) is 4.39 Å². The van der Waals surface area contributed by atoms with Crippen molar-refractivity contribution >= 4 is 15.9 Å². The molecule has 78 valence electrons. The summed E-state index contributed by atoms with van der Waals surface area (Å²) in [5.74, 6) is -3.51. The van der Waals surface area contributed by atoms with E-state index in [1.54, 1.807) is 0 Å². The second-order valence-corrected chi connectivity index (χ2v) is 3.53. The minimum Gasteiger partial charge on any atom is -0.504 e. The van der Waals surface area contributed by atoms with Crippen LogP contribution in [0.3, 0.4) is 0 Å². The topological polar surface area (TPSA) is 66.5 Å². The maximum Gasteiger partial charge on any atom is 0.201 e. The summed E-state index contributed by atoms with van der Waals surface area (Å²) in [5.41, 5.74) is 4.81. The fourth-order valence-electron chi connectivity index (χ4n) is 0.973. The van der Waals surface area contributed by atoms with E-state index in [4.69, 9.17) is 10.8 Å². The van der Waals surface area contributed by atoms with Crippen LogP contribution in [-0.2, 0) is 0 Å². The fourth-order valence-corrected chi connectivity index (χ4v) is 1.39. The largest absolute Gasteiger partial charge is 0.504 e. The van der Waals surface area contributed by atoms with Crippen molar-refractivity contribution in [2.24, 2.45) is 5.73 Å². The molecule has 1 aromatic rings. The Kier molecular flexibility index (Phi) is 3.41. The third-order valence-corrected chi connectivity index (χ3v) is 2.35. The molecule has 0 heterocycles. The summed E-state index contributed by atoms with van der Waals surface area (Å²) < 4.78 is 26.0. The Balaban J connectivity index is 3.33. The van der Waals surface area contributed by atoms with Crippen LogP contribution in [0.15, 0.2) is 10.5 Å². The third kappa shape index (κ3) is 1.87. The Morgan fingerprint density at radius 2 is 2.00 bits per heavy atom. The number of hydrogen-bond donors (Lipinski definition) is 3. The van der Waals surface area contributed by atoms with Crippen LogP contribution in [-0.4, -0.2) is 16.8 Å². The lowest BCUT2D eigenvalue weighted by molar-refractivity contribution is 0.180. The Morgan fingerprint density at radius 3 is 2.50 bits per heavy atom. The lowest BCUT2D eigenvalue weighted by Crippen LogP contribution is -2.13. The van der Waals surface area contributed by atoms with Crippen molar-refractivity contribution in [1.82, 2.24) is 0 Å². The van der Waals surface area contributed by atoms with Crippen molar-refractivity contribution in [3.63, 3.8) is 0 Å². The maximum atomic E-state index is 13.1. The lowest BCUT2D eigenvalue weighted by atomic mass is 10.1. The van der Waals surface area contributed by atoms with Gasteiger partial charge < -0.3 is 15.9 Å². The highest BCUT2D eigenvalue weighted by atomic mass is 79.9. The summed E-state index contributed by atoms with van der Waals surface area (Å²) >= 11 is 2.82. The molecule has 0 fully saturated rings. The summed E-state index contributed by atoms with van der Waals surface area (Å²) in [6.45, 7) is -0.229. The van der Waals surface area contributed by atoms with E-state index in [0.29, 0.717) is 0 Å². The van der Waals surface area contributed by atoms with Crippen LogP contribution in [0.2, 0.25) is 0 Å². The summed E-state index contributed by atoms with van der Waals surface area (Å²) in [7, 11) is 0. The number of nitrogens with two attached hydrogens (primary N) is 1. The molecule has 0 aromatic heterocycles. The van der Waals surface area contributed by atoms with Crippen molar-refractivity contribution in [3.8, 4) is 5.75 Å². The van der Waals surface area contributed by atoms with Crippen molar-refractivity contribution in [2.45, 2.75) is 6.10 Å². The molecule has 0 bridgehead atoms. The SMILES string of the molecule is NCC(O)c1cc(Br)c(O)c(F)c1F. The fraction of sp³-hybridized carbons (Fsp3) is 0.250. The van der Waals surface area contributed by atoms with Crippen LogP contribution in [0.4, 0.5) is 8.78 Å². The predicted molar refractivity (Wildman–Crippen MR) is 49.7 cm³/mol. The van der Waals surface area contributed by atoms with Gasteiger partial charge in [-0.1, -0.05) is 0 Å². The van der Waals surface area contributed by atoms with Gasteiger partial charge in [0, 0.05) is 12.1 Å². The second kappa shape index (κ2) is 4.20. The van der Waals surface area contributed by atoms with Crippen LogP contribution in [0.25, 0.3) is 0 Å². The molecule has 0 aliphatic carbocycles. The first-order valence-electron chi connectivity index (χ1n) is 3.73. The number of aliphatic hydroxyl groups excluding tert-OH is 1. The molecule has 0 saturated heterocycles.